The lowest BCUT2D eigenvalue weighted by molar-refractivity contribution is -0.138. The van der Waals surface area contributed by atoms with Crippen LogP contribution in [0.4, 0.5) is 0 Å². The second-order valence-corrected chi connectivity index (χ2v) is 3.62. The summed E-state index contributed by atoms with van der Waals surface area (Å²) in [4.78, 5) is 11.1. The smallest absolute Gasteiger partial charge is 0.312 e. The first-order chi connectivity index (χ1) is 7.74. The van der Waals surface area contributed by atoms with Crippen LogP contribution >= 0.6 is 0 Å². The minimum Gasteiger partial charge on any atom is -0.481 e. The monoisotopic (exact) mass is 216 g/mol. The number of carboxylic acids is 1. The van der Waals surface area contributed by atoms with Gasteiger partial charge in [0.05, 0.1) is 11.9 Å². The number of hydrogen-bond donors (Lipinski definition) is 1. The van der Waals surface area contributed by atoms with Crippen LogP contribution in [0, 0.1) is 0 Å². The summed E-state index contributed by atoms with van der Waals surface area (Å²) in [6.07, 6.45) is 2.16. The Labute approximate surface area is 92.9 Å². The van der Waals surface area contributed by atoms with Gasteiger partial charge in [-0.2, -0.15) is 10.2 Å². The minimum atomic E-state index is -0.854. The minimum absolute atomic E-state index is 0.512. The molecule has 0 saturated carbocycles. The number of fused-ring (bicyclic) bond motifs is 1. The molecule has 1 N–H and O–H groups in total. The van der Waals surface area contributed by atoms with Gasteiger partial charge in [0.2, 0.25) is 0 Å². The lowest BCUT2D eigenvalue weighted by Gasteiger charge is -2.10. The van der Waals surface area contributed by atoms with E-state index in [1.165, 1.54) is 0 Å². The van der Waals surface area contributed by atoms with Gasteiger partial charge in [0, 0.05) is 10.8 Å². The van der Waals surface area contributed by atoms with Crippen LogP contribution in [0.2, 0.25) is 0 Å². The molecule has 2 rings (SSSR count). The third-order valence-corrected chi connectivity index (χ3v) is 2.64. The van der Waals surface area contributed by atoms with Gasteiger partial charge in [-0.05, 0) is 6.42 Å². The van der Waals surface area contributed by atoms with Crippen LogP contribution in [0.25, 0.3) is 10.8 Å². The molecule has 1 aromatic carbocycles. The van der Waals surface area contributed by atoms with Gasteiger partial charge in [-0.1, -0.05) is 31.2 Å². The van der Waals surface area contributed by atoms with E-state index in [4.69, 9.17) is 5.11 Å². The number of rotatable bonds is 3. The predicted molar refractivity (Wildman–Crippen MR) is 60.2 cm³/mol. The fraction of sp³-hybridized carbons (Fsp3) is 0.250. The van der Waals surface area contributed by atoms with Gasteiger partial charge < -0.3 is 5.11 Å². The fourth-order valence-electron chi connectivity index (χ4n) is 1.79. The zero-order valence-corrected chi connectivity index (χ0v) is 8.92. The molecular weight excluding hydrogens is 204 g/mol. The lowest BCUT2D eigenvalue weighted by atomic mass is 9.98. The summed E-state index contributed by atoms with van der Waals surface area (Å²) >= 11 is 0. The van der Waals surface area contributed by atoms with Crippen LogP contribution in [0.3, 0.4) is 0 Å². The molecule has 0 saturated heterocycles. The van der Waals surface area contributed by atoms with Crippen LogP contribution in [-0.4, -0.2) is 21.3 Å². The van der Waals surface area contributed by atoms with Crippen molar-refractivity contribution in [2.45, 2.75) is 19.3 Å². The van der Waals surface area contributed by atoms with Crippen LogP contribution in [0.5, 0.6) is 0 Å². The number of carboxylic acid groups (broad SMARTS) is 1. The predicted octanol–water partition coefficient (Wildman–Crippen LogP) is 2.21. The van der Waals surface area contributed by atoms with Gasteiger partial charge in [-0.25, -0.2) is 0 Å². The fourth-order valence-corrected chi connectivity index (χ4v) is 1.79. The van der Waals surface area contributed by atoms with E-state index in [2.05, 4.69) is 10.2 Å². The SMILES string of the molecule is CCC(C(=O)O)c1nncc2ccccc12. The average molecular weight is 216 g/mol. The Kier molecular flexibility index (Phi) is 2.81. The van der Waals surface area contributed by atoms with Crippen molar-refractivity contribution in [1.82, 2.24) is 10.2 Å². The highest BCUT2D eigenvalue weighted by molar-refractivity contribution is 5.88. The number of nitrogens with zero attached hydrogens (tertiary/aromatic N) is 2. The van der Waals surface area contributed by atoms with Gasteiger partial charge >= 0.3 is 5.97 Å². The second-order valence-electron chi connectivity index (χ2n) is 3.62. The maximum Gasteiger partial charge on any atom is 0.312 e. The van der Waals surface area contributed by atoms with Crippen molar-refractivity contribution in [1.29, 1.82) is 0 Å². The molecule has 2 aromatic rings. The summed E-state index contributed by atoms with van der Waals surface area (Å²) in [5.41, 5.74) is 0.549. The summed E-state index contributed by atoms with van der Waals surface area (Å²) in [5.74, 6) is -1.44. The van der Waals surface area contributed by atoms with Crippen molar-refractivity contribution in [3.8, 4) is 0 Å². The highest BCUT2D eigenvalue weighted by Crippen LogP contribution is 2.24. The molecule has 16 heavy (non-hydrogen) atoms. The molecule has 0 radical (unpaired) electrons. The first-order valence-corrected chi connectivity index (χ1v) is 5.17. The Hall–Kier alpha value is -1.97. The summed E-state index contributed by atoms with van der Waals surface area (Å²) < 4.78 is 0. The van der Waals surface area contributed by atoms with Gasteiger partial charge in [0.25, 0.3) is 0 Å². The molecule has 0 aliphatic carbocycles. The number of aliphatic carboxylic acids is 1. The highest BCUT2D eigenvalue weighted by atomic mass is 16.4. The second kappa shape index (κ2) is 4.26. The molecule has 1 aromatic heterocycles. The van der Waals surface area contributed by atoms with E-state index in [0.717, 1.165) is 10.8 Å². The molecule has 1 atom stereocenters. The summed E-state index contributed by atoms with van der Waals surface area (Å²) in [7, 11) is 0. The summed E-state index contributed by atoms with van der Waals surface area (Å²) in [6.45, 7) is 1.84. The third-order valence-electron chi connectivity index (χ3n) is 2.64. The molecule has 4 nitrogen and oxygen atoms in total. The van der Waals surface area contributed by atoms with E-state index in [0.29, 0.717) is 12.1 Å². The van der Waals surface area contributed by atoms with E-state index >= 15 is 0 Å². The molecule has 82 valence electrons. The standard InChI is InChI=1S/C12H12N2O2/c1-2-9(12(15)16)11-10-6-4-3-5-8(10)7-13-14-11/h3-7,9H,2H2,1H3,(H,15,16). The van der Waals surface area contributed by atoms with Gasteiger partial charge in [-0.3, -0.25) is 4.79 Å². The molecule has 0 aliphatic rings. The van der Waals surface area contributed by atoms with E-state index < -0.39 is 11.9 Å². The van der Waals surface area contributed by atoms with Crippen LogP contribution in [-0.2, 0) is 4.79 Å². The van der Waals surface area contributed by atoms with E-state index in [-0.39, 0.29) is 0 Å². The van der Waals surface area contributed by atoms with Crippen LogP contribution in [0.1, 0.15) is 25.0 Å². The first-order valence-electron chi connectivity index (χ1n) is 5.17. The zero-order valence-electron chi connectivity index (χ0n) is 8.92. The Bertz CT molecular complexity index is 520. The Balaban J connectivity index is 2.63. The summed E-state index contributed by atoms with van der Waals surface area (Å²) in [6, 6.07) is 7.56. The molecule has 4 heteroatoms. The lowest BCUT2D eigenvalue weighted by Crippen LogP contribution is -2.13. The third kappa shape index (κ3) is 1.74. The molecule has 1 heterocycles. The van der Waals surface area contributed by atoms with E-state index in [1.807, 2.05) is 31.2 Å². The van der Waals surface area contributed by atoms with Crippen molar-refractivity contribution in [3.63, 3.8) is 0 Å². The van der Waals surface area contributed by atoms with Crippen molar-refractivity contribution in [2.75, 3.05) is 0 Å². The van der Waals surface area contributed by atoms with Gasteiger partial charge in [-0.15, -0.1) is 0 Å². The molecule has 0 bridgehead atoms. The Morgan fingerprint density at radius 1 is 1.44 bits per heavy atom. The molecular formula is C12H12N2O2. The highest BCUT2D eigenvalue weighted by Gasteiger charge is 2.21. The van der Waals surface area contributed by atoms with E-state index in [9.17, 15) is 4.79 Å². The van der Waals surface area contributed by atoms with Crippen molar-refractivity contribution in [3.05, 3.63) is 36.2 Å². The topological polar surface area (TPSA) is 63.1 Å². The molecule has 0 aliphatic heterocycles. The van der Waals surface area contributed by atoms with Crippen LogP contribution < -0.4 is 0 Å². The molecule has 0 amide bonds. The molecule has 1 unspecified atom stereocenters. The number of hydrogen-bond acceptors (Lipinski definition) is 3. The number of aromatic nitrogens is 2. The van der Waals surface area contributed by atoms with Gasteiger partial charge in [0.15, 0.2) is 0 Å². The van der Waals surface area contributed by atoms with Crippen LogP contribution in [0.15, 0.2) is 30.5 Å². The number of benzene rings is 1. The normalized spacial score (nSPS) is 12.6. The average Bonchev–Trinajstić information content (AvgIpc) is 2.30. The quantitative estimate of drug-likeness (QED) is 0.854. The Morgan fingerprint density at radius 2 is 2.19 bits per heavy atom. The largest absolute Gasteiger partial charge is 0.481 e. The summed E-state index contributed by atoms with van der Waals surface area (Å²) in [5, 5.41) is 18.7. The van der Waals surface area contributed by atoms with Crippen molar-refractivity contribution >= 4 is 16.7 Å². The molecule has 0 spiro atoms. The maximum absolute atomic E-state index is 11.1. The Morgan fingerprint density at radius 3 is 2.88 bits per heavy atom. The first kappa shape index (κ1) is 10.5. The maximum atomic E-state index is 11.1. The van der Waals surface area contributed by atoms with Gasteiger partial charge in [0.1, 0.15) is 5.92 Å². The van der Waals surface area contributed by atoms with Crippen molar-refractivity contribution < 1.29 is 9.90 Å². The zero-order chi connectivity index (χ0) is 11.5. The number of carbonyl (C=O) groups is 1. The van der Waals surface area contributed by atoms with E-state index in [1.54, 1.807) is 6.20 Å². The van der Waals surface area contributed by atoms with Crippen molar-refractivity contribution in [2.24, 2.45) is 0 Å². The molecule has 0 fully saturated rings.